The van der Waals surface area contributed by atoms with Crippen LogP contribution in [0.25, 0.3) is 0 Å². The number of aliphatic hydroxyl groups excluding tert-OH is 1. The molecule has 1 aromatic carbocycles. The van der Waals surface area contributed by atoms with Crippen LogP contribution in [0.4, 0.5) is 0 Å². The third-order valence-electron chi connectivity index (χ3n) is 5.26. The van der Waals surface area contributed by atoms with Gasteiger partial charge in [-0.3, -0.25) is 14.4 Å². The van der Waals surface area contributed by atoms with Crippen LogP contribution in [0.1, 0.15) is 44.6 Å². The van der Waals surface area contributed by atoms with Crippen molar-refractivity contribution in [3.8, 4) is 0 Å². The van der Waals surface area contributed by atoms with E-state index in [1.54, 1.807) is 4.90 Å². The van der Waals surface area contributed by atoms with Crippen LogP contribution in [-0.4, -0.2) is 65.2 Å². The Morgan fingerprint density at radius 2 is 1.93 bits per heavy atom. The third kappa shape index (κ3) is 6.54. The lowest BCUT2D eigenvalue weighted by atomic mass is 9.79. The van der Waals surface area contributed by atoms with Gasteiger partial charge in [0.05, 0.1) is 18.2 Å². The maximum Gasteiger partial charge on any atom is 0.300 e. The lowest BCUT2D eigenvalue weighted by Gasteiger charge is -2.43. The number of likely N-dealkylation sites (tertiary alicyclic amines) is 1. The first-order valence-corrected chi connectivity index (χ1v) is 10.1. The monoisotopic (exact) mass is 405 g/mol. The lowest BCUT2D eigenvalue weighted by molar-refractivity contribution is -0.137. The minimum Gasteiger partial charge on any atom is -0.481 e. The van der Waals surface area contributed by atoms with E-state index < -0.39 is 17.6 Å². The van der Waals surface area contributed by atoms with Crippen molar-refractivity contribution < 1.29 is 24.6 Å². The number of nitrogens with one attached hydrogen (secondary N) is 2. The quantitative estimate of drug-likeness (QED) is 0.590. The van der Waals surface area contributed by atoms with Crippen LogP contribution in [0.2, 0.25) is 0 Å². The molecule has 1 aromatic rings. The molecule has 0 bridgehead atoms. The second-order valence-corrected chi connectivity index (χ2v) is 7.50. The van der Waals surface area contributed by atoms with Crippen LogP contribution in [0.15, 0.2) is 30.3 Å². The second-order valence-electron chi connectivity index (χ2n) is 7.50. The van der Waals surface area contributed by atoms with E-state index in [4.69, 9.17) is 9.90 Å². The number of carboxylic acids is 1. The van der Waals surface area contributed by atoms with Crippen molar-refractivity contribution in [2.24, 2.45) is 0 Å². The van der Waals surface area contributed by atoms with Crippen molar-refractivity contribution in [1.82, 2.24) is 15.5 Å². The summed E-state index contributed by atoms with van der Waals surface area (Å²) >= 11 is 0. The smallest absolute Gasteiger partial charge is 0.300 e. The average Bonchev–Trinajstić information content (AvgIpc) is 2.88. The van der Waals surface area contributed by atoms with Crippen LogP contribution < -0.4 is 10.6 Å². The molecule has 0 spiro atoms. The Morgan fingerprint density at radius 1 is 1.24 bits per heavy atom. The Hall–Kier alpha value is -2.45. The molecule has 0 radical (unpaired) electrons. The topological polar surface area (TPSA) is 119 Å². The molecule has 4 N–H and O–H groups in total. The minimum atomic E-state index is -0.833. The van der Waals surface area contributed by atoms with Gasteiger partial charge in [0, 0.05) is 26.4 Å². The molecule has 2 heterocycles. The summed E-state index contributed by atoms with van der Waals surface area (Å²) in [5, 5.41) is 24.3. The molecule has 8 nitrogen and oxygen atoms in total. The number of carboxylic acid groups (broad SMARTS) is 1. The Kier molecular flexibility index (Phi) is 8.60. The molecule has 0 saturated carbocycles. The number of hydrogen-bond acceptors (Lipinski definition) is 5. The average molecular weight is 405 g/mol. The van der Waals surface area contributed by atoms with Crippen molar-refractivity contribution in [2.75, 3.05) is 26.2 Å². The highest BCUT2D eigenvalue weighted by Gasteiger charge is 2.43. The van der Waals surface area contributed by atoms with Crippen LogP contribution in [0, 0.1) is 0 Å². The SMILES string of the molecule is CC(=O)O.O=C(CN1CCCCCC1=O)N[C@@]1(c2ccccc2)CCNC[C@H]1O. The summed E-state index contributed by atoms with van der Waals surface area (Å²) in [6, 6.07) is 9.62. The number of hydrogen-bond donors (Lipinski definition) is 4. The van der Waals surface area contributed by atoms with Crippen molar-refractivity contribution >= 4 is 17.8 Å². The van der Waals surface area contributed by atoms with Gasteiger partial charge in [-0.1, -0.05) is 36.8 Å². The Labute approximate surface area is 171 Å². The first-order valence-electron chi connectivity index (χ1n) is 10.1. The van der Waals surface area contributed by atoms with Gasteiger partial charge in [0.2, 0.25) is 11.8 Å². The summed E-state index contributed by atoms with van der Waals surface area (Å²) in [6.45, 7) is 2.93. The van der Waals surface area contributed by atoms with Gasteiger partial charge in [-0.15, -0.1) is 0 Å². The number of aliphatic hydroxyl groups is 1. The molecule has 2 fully saturated rings. The number of β-amino-alcohol motifs (C(OH)–C–C–N with tert-alkyl or cyclic N) is 1. The van der Waals surface area contributed by atoms with Gasteiger partial charge < -0.3 is 25.7 Å². The van der Waals surface area contributed by atoms with E-state index in [1.807, 2.05) is 30.3 Å². The summed E-state index contributed by atoms with van der Waals surface area (Å²) in [4.78, 5) is 35.5. The number of carbonyl (C=O) groups excluding carboxylic acids is 2. The highest BCUT2D eigenvalue weighted by molar-refractivity contribution is 5.85. The van der Waals surface area contributed by atoms with Crippen molar-refractivity contribution in [1.29, 1.82) is 0 Å². The Balaban J connectivity index is 0.000000687. The van der Waals surface area contributed by atoms with Gasteiger partial charge >= 0.3 is 0 Å². The molecule has 0 aromatic heterocycles. The van der Waals surface area contributed by atoms with Gasteiger partial charge in [0.15, 0.2) is 0 Å². The number of amides is 2. The predicted molar refractivity (Wildman–Crippen MR) is 108 cm³/mol. The van der Waals surface area contributed by atoms with E-state index in [0.717, 1.165) is 38.3 Å². The van der Waals surface area contributed by atoms with Crippen LogP contribution in [0.5, 0.6) is 0 Å². The zero-order chi connectivity index (χ0) is 21.3. The normalized spacial score (nSPS) is 24.7. The standard InChI is InChI=1S/C19H27N3O3.C2H4O2/c23-16-13-20-11-10-19(16,15-7-3-1-4-8-15)21-17(24)14-22-12-6-2-5-9-18(22)25;1-2(3)4/h1,3-4,7-8,16,20,23H,2,5-6,9-14H2,(H,21,24);1H3,(H,3,4)/t16-,19-;/m1./s1. The molecule has 2 atom stereocenters. The zero-order valence-electron chi connectivity index (χ0n) is 16.9. The van der Waals surface area contributed by atoms with Crippen LogP contribution in [-0.2, 0) is 19.9 Å². The van der Waals surface area contributed by atoms with E-state index >= 15 is 0 Å². The Bertz CT molecular complexity index is 693. The number of piperidine rings is 1. The van der Waals surface area contributed by atoms with E-state index in [9.17, 15) is 14.7 Å². The zero-order valence-corrected chi connectivity index (χ0v) is 16.9. The molecule has 29 heavy (non-hydrogen) atoms. The van der Waals surface area contributed by atoms with Gasteiger partial charge in [-0.05, 0) is 31.4 Å². The summed E-state index contributed by atoms with van der Waals surface area (Å²) in [6.07, 6.45) is 3.28. The summed E-state index contributed by atoms with van der Waals surface area (Å²) in [5.74, 6) is -0.993. The number of rotatable bonds is 4. The van der Waals surface area contributed by atoms with Crippen molar-refractivity contribution in [3.63, 3.8) is 0 Å². The molecule has 160 valence electrons. The van der Waals surface area contributed by atoms with Crippen molar-refractivity contribution in [3.05, 3.63) is 35.9 Å². The fraction of sp³-hybridized carbons (Fsp3) is 0.571. The fourth-order valence-electron chi connectivity index (χ4n) is 3.82. The lowest BCUT2D eigenvalue weighted by Crippen LogP contribution is -2.62. The molecule has 0 unspecified atom stereocenters. The molecule has 3 rings (SSSR count). The molecule has 0 aliphatic carbocycles. The van der Waals surface area contributed by atoms with Gasteiger partial charge in [0.25, 0.3) is 5.97 Å². The molecule has 2 aliphatic rings. The van der Waals surface area contributed by atoms with E-state index in [1.165, 1.54) is 0 Å². The van der Waals surface area contributed by atoms with E-state index in [2.05, 4.69) is 10.6 Å². The minimum absolute atomic E-state index is 0.0484. The predicted octanol–water partition coefficient (Wildman–Crippen LogP) is 0.846. The molecule has 8 heteroatoms. The van der Waals surface area contributed by atoms with E-state index in [0.29, 0.717) is 25.9 Å². The first kappa shape index (κ1) is 22.8. The first-order chi connectivity index (χ1) is 13.8. The fourth-order valence-corrected chi connectivity index (χ4v) is 3.82. The summed E-state index contributed by atoms with van der Waals surface area (Å²) in [5.41, 5.74) is 0.0953. The molecule has 2 amide bonds. The summed E-state index contributed by atoms with van der Waals surface area (Å²) in [7, 11) is 0. The molecule has 2 saturated heterocycles. The highest BCUT2D eigenvalue weighted by atomic mass is 16.4. The van der Waals surface area contributed by atoms with Gasteiger partial charge in [0.1, 0.15) is 0 Å². The maximum atomic E-state index is 12.7. The van der Waals surface area contributed by atoms with Crippen LogP contribution >= 0.6 is 0 Å². The molecular formula is C21H31N3O5. The highest BCUT2D eigenvalue weighted by Crippen LogP contribution is 2.31. The number of carbonyl (C=O) groups is 3. The van der Waals surface area contributed by atoms with Gasteiger partial charge in [-0.25, -0.2) is 0 Å². The largest absolute Gasteiger partial charge is 0.481 e. The number of nitrogens with zero attached hydrogens (tertiary/aromatic N) is 1. The Morgan fingerprint density at radius 3 is 2.59 bits per heavy atom. The van der Waals surface area contributed by atoms with Crippen LogP contribution in [0.3, 0.4) is 0 Å². The van der Waals surface area contributed by atoms with E-state index in [-0.39, 0.29) is 18.4 Å². The maximum absolute atomic E-state index is 12.7. The van der Waals surface area contributed by atoms with Gasteiger partial charge in [-0.2, -0.15) is 0 Å². The summed E-state index contributed by atoms with van der Waals surface area (Å²) < 4.78 is 0. The molecular weight excluding hydrogens is 374 g/mol. The number of aliphatic carboxylic acids is 1. The van der Waals surface area contributed by atoms with Crippen molar-refractivity contribution in [2.45, 2.75) is 50.7 Å². The second kappa shape index (κ2) is 10.9. The third-order valence-corrected chi connectivity index (χ3v) is 5.26. The number of benzene rings is 1. The molecule has 2 aliphatic heterocycles.